The van der Waals surface area contributed by atoms with Gasteiger partial charge in [-0.2, -0.15) is 26.3 Å². The molecule has 0 radical (unpaired) electrons. The van der Waals surface area contributed by atoms with E-state index in [0.29, 0.717) is 12.1 Å². The minimum Gasteiger partial charge on any atom is -0.325 e. The van der Waals surface area contributed by atoms with Gasteiger partial charge in [0.05, 0.1) is 26.9 Å². The standard InChI is InChI=1S/C16H8Cl2F6N4OS/c17-10-2-1-8(4-9(10)16(22,23)24)25-12(29)6-30-14-27-26-13-11(18)3-7(5-28(13)14)15(19,20)21/h1-5H,6H2,(H,25,29). The molecular weight excluding hydrogens is 481 g/mol. The van der Waals surface area contributed by atoms with Crippen molar-refractivity contribution < 1.29 is 31.1 Å². The molecule has 2 aromatic heterocycles. The highest BCUT2D eigenvalue weighted by Gasteiger charge is 2.34. The molecule has 0 spiro atoms. The second kappa shape index (κ2) is 8.16. The highest BCUT2D eigenvalue weighted by atomic mass is 35.5. The highest BCUT2D eigenvalue weighted by molar-refractivity contribution is 7.99. The predicted molar refractivity (Wildman–Crippen MR) is 98.8 cm³/mol. The summed E-state index contributed by atoms with van der Waals surface area (Å²) in [5, 5.41) is 8.76. The lowest BCUT2D eigenvalue weighted by atomic mass is 10.2. The number of rotatable bonds is 4. The zero-order chi connectivity index (χ0) is 22.3. The molecule has 0 unspecified atom stereocenters. The second-order valence-electron chi connectivity index (χ2n) is 5.78. The first-order valence-corrected chi connectivity index (χ1v) is 9.51. The number of carbonyl (C=O) groups is 1. The Balaban J connectivity index is 1.75. The van der Waals surface area contributed by atoms with Crippen molar-refractivity contribution in [2.24, 2.45) is 0 Å². The number of nitrogens with one attached hydrogen (secondary N) is 1. The minimum atomic E-state index is -4.71. The molecule has 0 fully saturated rings. The number of benzene rings is 1. The van der Waals surface area contributed by atoms with Crippen molar-refractivity contribution in [3.8, 4) is 0 Å². The van der Waals surface area contributed by atoms with Gasteiger partial charge in [0.25, 0.3) is 0 Å². The molecule has 1 amide bonds. The summed E-state index contributed by atoms with van der Waals surface area (Å²) in [6.07, 6.45) is -8.63. The van der Waals surface area contributed by atoms with E-state index in [9.17, 15) is 31.1 Å². The van der Waals surface area contributed by atoms with Gasteiger partial charge >= 0.3 is 12.4 Å². The molecule has 0 aliphatic heterocycles. The van der Waals surface area contributed by atoms with Gasteiger partial charge in [0.1, 0.15) is 0 Å². The van der Waals surface area contributed by atoms with Crippen LogP contribution in [0.4, 0.5) is 32.0 Å². The van der Waals surface area contributed by atoms with Crippen LogP contribution in [-0.2, 0) is 17.1 Å². The predicted octanol–water partition coefficient (Wildman–Crippen LogP) is 5.80. The Morgan fingerprint density at radius 1 is 1.03 bits per heavy atom. The van der Waals surface area contributed by atoms with Crippen LogP contribution >= 0.6 is 35.0 Å². The number of pyridine rings is 1. The van der Waals surface area contributed by atoms with E-state index in [1.54, 1.807) is 0 Å². The van der Waals surface area contributed by atoms with Crippen molar-refractivity contribution in [3.05, 3.63) is 51.6 Å². The molecular formula is C16H8Cl2F6N4OS. The molecule has 0 bridgehead atoms. The maximum absolute atomic E-state index is 13.0. The van der Waals surface area contributed by atoms with Crippen LogP contribution in [0.25, 0.3) is 5.65 Å². The van der Waals surface area contributed by atoms with Gasteiger partial charge in [-0.25, -0.2) is 0 Å². The van der Waals surface area contributed by atoms with Crippen molar-refractivity contribution in [3.63, 3.8) is 0 Å². The van der Waals surface area contributed by atoms with E-state index in [-0.39, 0.29) is 27.3 Å². The number of anilines is 1. The van der Waals surface area contributed by atoms with E-state index >= 15 is 0 Å². The summed E-state index contributed by atoms with van der Waals surface area (Å²) in [6, 6.07) is 3.54. The van der Waals surface area contributed by atoms with E-state index in [2.05, 4.69) is 15.5 Å². The lowest BCUT2D eigenvalue weighted by Gasteiger charge is -2.11. The Bertz CT molecular complexity index is 1120. The average Bonchev–Trinajstić information content (AvgIpc) is 3.03. The van der Waals surface area contributed by atoms with Crippen molar-refractivity contribution in [2.45, 2.75) is 17.5 Å². The lowest BCUT2D eigenvalue weighted by Crippen LogP contribution is -2.15. The largest absolute Gasteiger partial charge is 0.417 e. The molecule has 0 aliphatic rings. The number of nitrogens with zero attached hydrogens (tertiary/aromatic N) is 3. The summed E-state index contributed by atoms with van der Waals surface area (Å²) in [6.45, 7) is 0. The fourth-order valence-electron chi connectivity index (χ4n) is 2.33. The van der Waals surface area contributed by atoms with E-state index in [4.69, 9.17) is 23.2 Å². The second-order valence-corrected chi connectivity index (χ2v) is 7.54. The number of carbonyl (C=O) groups excluding carboxylic acids is 1. The Morgan fingerprint density at radius 2 is 1.73 bits per heavy atom. The fraction of sp³-hybridized carbons (Fsp3) is 0.188. The number of halogens is 8. The van der Waals surface area contributed by atoms with Gasteiger partial charge in [0.2, 0.25) is 5.91 Å². The number of hydrogen-bond acceptors (Lipinski definition) is 4. The summed E-state index contributed by atoms with van der Waals surface area (Å²) < 4.78 is 78.5. The first kappa shape index (κ1) is 22.5. The molecule has 0 saturated heterocycles. The number of fused-ring (bicyclic) bond motifs is 1. The highest BCUT2D eigenvalue weighted by Crippen LogP contribution is 2.36. The van der Waals surface area contributed by atoms with Gasteiger partial charge in [-0.05, 0) is 24.3 Å². The third kappa shape index (κ3) is 4.93. The number of alkyl halides is 6. The molecule has 160 valence electrons. The van der Waals surface area contributed by atoms with E-state index in [1.165, 1.54) is 6.07 Å². The van der Waals surface area contributed by atoms with Gasteiger partial charge in [-0.15, -0.1) is 10.2 Å². The third-order valence-corrected chi connectivity index (χ3v) is 5.19. The van der Waals surface area contributed by atoms with E-state index in [0.717, 1.165) is 28.4 Å². The fourth-order valence-corrected chi connectivity index (χ4v) is 3.51. The number of thioether (sulfide) groups is 1. The van der Waals surface area contributed by atoms with Crippen molar-refractivity contribution >= 4 is 52.2 Å². The molecule has 3 aromatic rings. The number of aromatic nitrogens is 3. The van der Waals surface area contributed by atoms with Crippen LogP contribution in [0, 0.1) is 0 Å². The van der Waals surface area contributed by atoms with Gasteiger partial charge in [-0.3, -0.25) is 9.20 Å². The molecule has 1 N–H and O–H groups in total. The molecule has 3 rings (SSSR count). The van der Waals surface area contributed by atoms with E-state index < -0.39 is 34.4 Å². The summed E-state index contributed by atoms with van der Waals surface area (Å²) in [5.41, 5.74) is -2.34. The normalized spacial score (nSPS) is 12.4. The first-order chi connectivity index (χ1) is 13.9. The average molecular weight is 489 g/mol. The Morgan fingerprint density at radius 3 is 2.37 bits per heavy atom. The summed E-state index contributed by atoms with van der Waals surface area (Å²) >= 11 is 12.0. The smallest absolute Gasteiger partial charge is 0.325 e. The Hall–Kier alpha value is -2.18. The van der Waals surface area contributed by atoms with Crippen molar-refractivity contribution in [1.29, 1.82) is 0 Å². The maximum Gasteiger partial charge on any atom is 0.417 e. The van der Waals surface area contributed by atoms with Gasteiger partial charge in [0, 0.05) is 11.9 Å². The molecule has 0 saturated carbocycles. The summed E-state index contributed by atoms with van der Waals surface area (Å²) in [5.74, 6) is -1.08. The molecule has 0 atom stereocenters. The monoisotopic (exact) mass is 488 g/mol. The maximum atomic E-state index is 13.0. The Labute approximate surface area is 178 Å². The van der Waals surface area contributed by atoms with Gasteiger partial charge in [-0.1, -0.05) is 35.0 Å². The molecule has 0 aliphatic carbocycles. The molecule has 30 heavy (non-hydrogen) atoms. The van der Waals surface area contributed by atoms with Crippen molar-refractivity contribution in [2.75, 3.05) is 11.1 Å². The summed E-state index contributed by atoms with van der Waals surface area (Å²) in [4.78, 5) is 12.1. The van der Waals surface area contributed by atoms with Crippen LogP contribution in [-0.4, -0.2) is 26.3 Å². The zero-order valence-electron chi connectivity index (χ0n) is 14.3. The SMILES string of the molecule is O=C(CSc1nnc2c(Cl)cc(C(F)(F)F)cn12)Nc1ccc(Cl)c(C(F)(F)F)c1. The quantitative estimate of drug-likeness (QED) is 0.372. The van der Waals surface area contributed by atoms with Crippen LogP contribution in [0.2, 0.25) is 10.0 Å². The van der Waals surface area contributed by atoms with Crippen molar-refractivity contribution in [1.82, 2.24) is 14.6 Å². The minimum absolute atomic E-state index is 0.0416. The van der Waals surface area contributed by atoms with Gasteiger partial charge < -0.3 is 5.32 Å². The van der Waals surface area contributed by atoms with Crippen LogP contribution in [0.1, 0.15) is 11.1 Å². The van der Waals surface area contributed by atoms with Crippen LogP contribution in [0.5, 0.6) is 0 Å². The van der Waals surface area contributed by atoms with Crippen LogP contribution in [0.3, 0.4) is 0 Å². The lowest BCUT2D eigenvalue weighted by molar-refractivity contribution is -0.138. The zero-order valence-corrected chi connectivity index (χ0v) is 16.6. The Kier molecular flexibility index (Phi) is 6.12. The van der Waals surface area contributed by atoms with E-state index in [1.807, 2.05) is 0 Å². The topological polar surface area (TPSA) is 59.3 Å². The number of amides is 1. The molecule has 2 heterocycles. The van der Waals surface area contributed by atoms with Gasteiger partial charge in [0.15, 0.2) is 10.8 Å². The number of hydrogen-bond donors (Lipinski definition) is 1. The molecule has 1 aromatic carbocycles. The van der Waals surface area contributed by atoms with Crippen LogP contribution in [0.15, 0.2) is 35.6 Å². The van der Waals surface area contributed by atoms with Crippen LogP contribution < -0.4 is 5.32 Å². The summed E-state index contributed by atoms with van der Waals surface area (Å²) in [7, 11) is 0. The molecule has 5 nitrogen and oxygen atoms in total. The third-order valence-electron chi connectivity index (χ3n) is 3.64. The first-order valence-electron chi connectivity index (χ1n) is 7.77. The molecule has 14 heteroatoms.